The Kier molecular flexibility index (Phi) is 4.18. The van der Waals surface area contributed by atoms with Gasteiger partial charge in [-0.05, 0) is 24.1 Å². The number of aryl methyl sites for hydroxylation is 1. The van der Waals surface area contributed by atoms with Gasteiger partial charge in [-0.2, -0.15) is 5.10 Å². The van der Waals surface area contributed by atoms with Crippen LogP contribution in [0.3, 0.4) is 0 Å². The molecule has 0 aliphatic heterocycles. The molecule has 1 aromatic carbocycles. The summed E-state index contributed by atoms with van der Waals surface area (Å²) < 4.78 is 1.76. The lowest BCUT2D eigenvalue weighted by Crippen LogP contribution is -2.26. The monoisotopic (exact) mass is 258 g/mol. The molecule has 1 amide bonds. The Morgan fingerprint density at radius 3 is 2.84 bits per heavy atom. The number of carbonyl (C=O) groups excluding carboxylic acids is 1. The van der Waals surface area contributed by atoms with Crippen molar-refractivity contribution in [2.24, 2.45) is 7.05 Å². The first-order valence-electron chi connectivity index (χ1n) is 6.23. The molecular weight excluding hydrogens is 240 g/mol. The Morgan fingerprint density at radius 1 is 1.37 bits per heavy atom. The second-order valence-electron chi connectivity index (χ2n) is 4.32. The average Bonchev–Trinajstić information content (AvgIpc) is 2.84. The lowest BCUT2D eigenvalue weighted by atomic mass is 10.1. The van der Waals surface area contributed by atoms with E-state index in [0.29, 0.717) is 12.1 Å². The zero-order valence-electron chi connectivity index (χ0n) is 11.2. The second kappa shape index (κ2) is 6.04. The third-order valence-corrected chi connectivity index (χ3v) is 2.90. The van der Waals surface area contributed by atoms with Crippen LogP contribution in [0.25, 0.3) is 0 Å². The van der Waals surface area contributed by atoms with E-state index in [0.717, 1.165) is 17.7 Å². The van der Waals surface area contributed by atoms with Gasteiger partial charge in [0.2, 0.25) is 0 Å². The Bertz CT molecular complexity index is 562. The first-order valence-corrected chi connectivity index (χ1v) is 6.23. The van der Waals surface area contributed by atoms with E-state index in [4.69, 9.17) is 0 Å². The zero-order chi connectivity index (χ0) is 13.7. The summed E-state index contributed by atoms with van der Waals surface area (Å²) >= 11 is 0. The van der Waals surface area contributed by atoms with Gasteiger partial charge in [-0.1, -0.05) is 12.1 Å². The molecule has 0 aliphatic rings. The van der Waals surface area contributed by atoms with Crippen molar-refractivity contribution in [3.8, 4) is 0 Å². The highest BCUT2D eigenvalue weighted by molar-refractivity contribution is 5.99. The minimum atomic E-state index is -0.0613. The highest BCUT2D eigenvalue weighted by Gasteiger charge is 2.09. The molecule has 2 aromatic rings. The van der Waals surface area contributed by atoms with Gasteiger partial charge in [0, 0.05) is 32.5 Å². The van der Waals surface area contributed by atoms with Crippen LogP contribution < -0.4 is 10.6 Å². The predicted octanol–water partition coefficient (Wildman–Crippen LogP) is 1.43. The molecule has 0 fully saturated rings. The summed E-state index contributed by atoms with van der Waals surface area (Å²) in [5.41, 5.74) is 2.61. The van der Waals surface area contributed by atoms with Crippen molar-refractivity contribution in [2.75, 3.05) is 18.9 Å². The maximum Gasteiger partial charge on any atom is 0.253 e. The summed E-state index contributed by atoms with van der Waals surface area (Å²) in [4.78, 5) is 12.0. The van der Waals surface area contributed by atoms with Gasteiger partial charge in [-0.25, -0.2) is 0 Å². The van der Waals surface area contributed by atoms with Gasteiger partial charge < -0.3 is 10.6 Å². The fourth-order valence-corrected chi connectivity index (χ4v) is 1.92. The van der Waals surface area contributed by atoms with Gasteiger partial charge in [0.1, 0.15) is 0 Å². The zero-order valence-corrected chi connectivity index (χ0v) is 11.2. The van der Waals surface area contributed by atoms with Gasteiger partial charge >= 0.3 is 0 Å². The standard InChI is InChI=1S/C14H18N4O/c1-15-13-6-4-3-5-12(13)14(19)16-8-7-11-9-17-18(2)10-11/h3-6,9-10,15H,7-8H2,1-2H3,(H,16,19). The van der Waals surface area contributed by atoms with Gasteiger partial charge in [-0.15, -0.1) is 0 Å². The van der Waals surface area contributed by atoms with Crippen molar-refractivity contribution < 1.29 is 4.79 Å². The van der Waals surface area contributed by atoms with Crippen molar-refractivity contribution >= 4 is 11.6 Å². The van der Waals surface area contributed by atoms with E-state index in [1.54, 1.807) is 4.68 Å². The first-order chi connectivity index (χ1) is 9.20. The molecule has 0 bridgehead atoms. The number of benzene rings is 1. The molecule has 0 unspecified atom stereocenters. The predicted molar refractivity (Wildman–Crippen MR) is 75.2 cm³/mol. The van der Waals surface area contributed by atoms with Crippen molar-refractivity contribution in [1.82, 2.24) is 15.1 Å². The Balaban J connectivity index is 1.90. The topological polar surface area (TPSA) is 59.0 Å². The maximum atomic E-state index is 12.0. The van der Waals surface area contributed by atoms with Crippen LogP contribution in [0.2, 0.25) is 0 Å². The third-order valence-electron chi connectivity index (χ3n) is 2.90. The molecule has 0 radical (unpaired) electrons. The number of nitrogens with zero attached hydrogens (tertiary/aromatic N) is 2. The van der Waals surface area contributed by atoms with Crippen molar-refractivity contribution in [2.45, 2.75) is 6.42 Å². The molecule has 5 heteroatoms. The van der Waals surface area contributed by atoms with Crippen LogP contribution in [0.4, 0.5) is 5.69 Å². The Morgan fingerprint density at radius 2 is 2.16 bits per heavy atom. The molecule has 1 aromatic heterocycles. The summed E-state index contributed by atoms with van der Waals surface area (Å²) in [5, 5.41) is 10.0. The van der Waals surface area contributed by atoms with Gasteiger partial charge in [0.25, 0.3) is 5.91 Å². The molecular formula is C14H18N4O. The molecule has 19 heavy (non-hydrogen) atoms. The fraction of sp³-hybridized carbons (Fsp3) is 0.286. The van der Waals surface area contributed by atoms with Crippen LogP contribution in [0, 0.1) is 0 Å². The second-order valence-corrected chi connectivity index (χ2v) is 4.32. The van der Waals surface area contributed by atoms with Crippen LogP contribution in [-0.2, 0) is 13.5 Å². The van der Waals surface area contributed by atoms with E-state index in [-0.39, 0.29) is 5.91 Å². The van der Waals surface area contributed by atoms with Crippen LogP contribution in [0.5, 0.6) is 0 Å². The largest absolute Gasteiger partial charge is 0.387 e. The van der Waals surface area contributed by atoms with E-state index in [1.807, 2.05) is 50.8 Å². The average molecular weight is 258 g/mol. The lowest BCUT2D eigenvalue weighted by Gasteiger charge is -2.09. The van der Waals surface area contributed by atoms with E-state index >= 15 is 0 Å². The summed E-state index contributed by atoms with van der Waals surface area (Å²) in [5.74, 6) is -0.0613. The molecule has 0 saturated carbocycles. The molecule has 0 spiro atoms. The first kappa shape index (κ1) is 13.1. The molecule has 0 saturated heterocycles. The number of amides is 1. The van der Waals surface area contributed by atoms with Crippen molar-refractivity contribution in [1.29, 1.82) is 0 Å². The summed E-state index contributed by atoms with van der Waals surface area (Å²) in [6.07, 6.45) is 4.54. The SMILES string of the molecule is CNc1ccccc1C(=O)NCCc1cnn(C)c1. The minimum Gasteiger partial charge on any atom is -0.387 e. The lowest BCUT2D eigenvalue weighted by molar-refractivity contribution is 0.0955. The number of aromatic nitrogens is 2. The molecule has 1 heterocycles. The Hall–Kier alpha value is -2.30. The van der Waals surface area contributed by atoms with Gasteiger partial charge in [-0.3, -0.25) is 9.48 Å². The van der Waals surface area contributed by atoms with E-state index in [2.05, 4.69) is 15.7 Å². The van der Waals surface area contributed by atoms with Crippen LogP contribution in [0.1, 0.15) is 15.9 Å². The molecule has 0 atom stereocenters. The summed E-state index contributed by atoms with van der Waals surface area (Å²) in [6.45, 7) is 0.600. The van der Waals surface area contributed by atoms with E-state index in [9.17, 15) is 4.79 Å². The molecule has 2 rings (SSSR count). The molecule has 0 aliphatic carbocycles. The van der Waals surface area contributed by atoms with Crippen LogP contribution >= 0.6 is 0 Å². The Labute approximate surface area is 112 Å². The van der Waals surface area contributed by atoms with Crippen molar-refractivity contribution in [3.63, 3.8) is 0 Å². The quantitative estimate of drug-likeness (QED) is 0.853. The fourth-order valence-electron chi connectivity index (χ4n) is 1.92. The van der Waals surface area contributed by atoms with Gasteiger partial charge in [0.05, 0.1) is 11.8 Å². The maximum absolute atomic E-state index is 12.0. The molecule has 100 valence electrons. The van der Waals surface area contributed by atoms with Crippen LogP contribution in [-0.4, -0.2) is 29.3 Å². The third kappa shape index (κ3) is 3.34. The van der Waals surface area contributed by atoms with Crippen molar-refractivity contribution in [3.05, 3.63) is 47.8 Å². The van der Waals surface area contributed by atoms with Crippen LogP contribution in [0.15, 0.2) is 36.7 Å². The smallest absolute Gasteiger partial charge is 0.253 e. The molecule has 2 N–H and O–H groups in total. The number of carbonyl (C=O) groups is 1. The number of anilines is 1. The number of rotatable bonds is 5. The number of hydrogen-bond acceptors (Lipinski definition) is 3. The highest BCUT2D eigenvalue weighted by atomic mass is 16.1. The number of hydrogen-bond donors (Lipinski definition) is 2. The molecule has 5 nitrogen and oxygen atoms in total. The van der Waals surface area contributed by atoms with E-state index in [1.165, 1.54) is 0 Å². The highest BCUT2D eigenvalue weighted by Crippen LogP contribution is 2.13. The minimum absolute atomic E-state index is 0.0613. The van der Waals surface area contributed by atoms with Gasteiger partial charge in [0.15, 0.2) is 0 Å². The van der Waals surface area contributed by atoms with E-state index < -0.39 is 0 Å². The normalized spacial score (nSPS) is 10.2. The summed E-state index contributed by atoms with van der Waals surface area (Å²) in [6, 6.07) is 7.45. The number of para-hydroxylation sites is 1. The number of nitrogens with one attached hydrogen (secondary N) is 2. The summed E-state index contributed by atoms with van der Waals surface area (Å²) in [7, 11) is 3.69.